The lowest BCUT2D eigenvalue weighted by atomic mass is 9.81. The van der Waals surface area contributed by atoms with E-state index in [-0.39, 0.29) is 5.41 Å². The molecule has 14 aromatic rings. The van der Waals surface area contributed by atoms with Crippen LogP contribution in [0.2, 0.25) is 0 Å². The van der Waals surface area contributed by atoms with E-state index >= 15 is 0 Å². The molecule has 0 amide bonds. The topological polar surface area (TPSA) is 9.86 Å². The van der Waals surface area contributed by atoms with Gasteiger partial charge in [0, 0.05) is 38.3 Å². The molecule has 0 saturated heterocycles. The molecule has 0 radical (unpaired) electrons. The summed E-state index contributed by atoms with van der Waals surface area (Å²) >= 11 is 0. The highest BCUT2D eigenvalue weighted by atomic mass is 15.0. The first kappa shape index (κ1) is 35.3. The molecule has 0 atom stereocenters. The van der Waals surface area contributed by atoms with Crippen molar-refractivity contribution in [2.45, 2.75) is 19.3 Å². The van der Waals surface area contributed by atoms with E-state index in [2.05, 4.69) is 229 Å². The van der Waals surface area contributed by atoms with Crippen molar-refractivity contribution >= 4 is 108 Å². The van der Waals surface area contributed by atoms with Crippen LogP contribution in [0.5, 0.6) is 0 Å². The van der Waals surface area contributed by atoms with Gasteiger partial charge in [0.2, 0.25) is 0 Å². The van der Waals surface area contributed by atoms with Gasteiger partial charge in [-0.05, 0) is 154 Å². The van der Waals surface area contributed by atoms with Crippen LogP contribution in [0.15, 0.2) is 206 Å². The molecule has 0 N–H and O–H groups in total. The summed E-state index contributed by atoms with van der Waals surface area (Å²) in [6.45, 7) is 4.87. The molecule has 2 heterocycles. The number of fused-ring (bicyclic) bond motifs is 21. The van der Waals surface area contributed by atoms with E-state index in [0.29, 0.717) is 0 Å². The minimum atomic E-state index is -0.234. The Balaban J connectivity index is 1.09. The summed E-state index contributed by atoms with van der Waals surface area (Å²) in [7, 11) is 0. The van der Waals surface area contributed by atoms with E-state index in [4.69, 9.17) is 0 Å². The van der Waals surface area contributed by atoms with Gasteiger partial charge in [0.05, 0.1) is 22.1 Å². The first-order valence-electron chi connectivity index (χ1n) is 22.8. The molecule has 2 aromatic heterocycles. The van der Waals surface area contributed by atoms with Crippen molar-refractivity contribution in [2.24, 2.45) is 0 Å². The normalized spacial score (nSPS) is 13.5. The van der Waals surface area contributed by atoms with Crippen LogP contribution in [-0.2, 0) is 5.41 Å². The van der Waals surface area contributed by atoms with E-state index in [1.807, 2.05) is 0 Å². The fourth-order valence-corrected chi connectivity index (χ4v) is 12.3. The Bertz CT molecular complexity index is 4430. The van der Waals surface area contributed by atoms with Gasteiger partial charge in [0.25, 0.3) is 0 Å². The highest BCUT2D eigenvalue weighted by molar-refractivity contribution is 6.30. The monoisotopic (exact) mass is 824 g/mol. The fourth-order valence-electron chi connectivity index (χ4n) is 12.3. The Morgan fingerprint density at radius 1 is 0.246 bits per heavy atom. The number of rotatable bonds is 2. The van der Waals surface area contributed by atoms with Gasteiger partial charge in [0.15, 0.2) is 0 Å². The Hall–Kier alpha value is -8.20. The maximum atomic E-state index is 2.57. The largest absolute Gasteiger partial charge is 0.309 e. The van der Waals surface area contributed by atoms with Crippen molar-refractivity contribution in [1.82, 2.24) is 9.13 Å². The Labute approximate surface area is 374 Å². The summed E-state index contributed by atoms with van der Waals surface area (Å²) in [4.78, 5) is 0. The van der Waals surface area contributed by atoms with Crippen LogP contribution in [0.25, 0.3) is 131 Å². The quantitative estimate of drug-likeness (QED) is 0.154. The van der Waals surface area contributed by atoms with Gasteiger partial charge in [-0.1, -0.05) is 153 Å². The lowest BCUT2D eigenvalue weighted by Crippen LogP contribution is -2.15. The Kier molecular flexibility index (Phi) is 6.78. The molecule has 0 spiro atoms. The van der Waals surface area contributed by atoms with E-state index in [0.717, 1.165) is 11.4 Å². The standard InChI is InChI=1S/C63H40N2/c1-63(2)57-34-51-45-24-12-8-20-41(45)39-18-6-10-22-43(39)49(51)31-53(57)54-33-56-55-32-50-44-23-11-7-19-40(44)42-21-9-13-25-46(42)52(50)35-61(55)65(62(56)36-58(54)63)38-28-29-48-47-26-14-15-27-59(47)64(60(48)30-38)37-16-4-3-5-17-37/h3-36H,1-2H3. The van der Waals surface area contributed by atoms with Crippen LogP contribution >= 0.6 is 0 Å². The molecular formula is C63H40N2. The maximum absolute atomic E-state index is 2.57. The molecule has 302 valence electrons. The third kappa shape index (κ3) is 4.58. The third-order valence-electron chi connectivity index (χ3n) is 15.2. The van der Waals surface area contributed by atoms with Crippen molar-refractivity contribution in [1.29, 1.82) is 0 Å². The van der Waals surface area contributed by atoms with Crippen LogP contribution in [0.3, 0.4) is 0 Å². The first-order chi connectivity index (χ1) is 32.0. The second kappa shape index (κ2) is 12.5. The molecule has 0 aliphatic heterocycles. The van der Waals surface area contributed by atoms with Gasteiger partial charge in [-0.25, -0.2) is 0 Å². The third-order valence-corrected chi connectivity index (χ3v) is 15.2. The van der Waals surface area contributed by atoms with Crippen molar-refractivity contribution in [3.8, 4) is 22.5 Å². The summed E-state index contributed by atoms with van der Waals surface area (Å²) in [6, 6.07) is 77.7. The van der Waals surface area contributed by atoms with E-state index in [1.165, 1.54) is 131 Å². The van der Waals surface area contributed by atoms with Crippen molar-refractivity contribution < 1.29 is 0 Å². The van der Waals surface area contributed by atoms with Crippen LogP contribution in [0.4, 0.5) is 0 Å². The molecule has 2 nitrogen and oxygen atoms in total. The van der Waals surface area contributed by atoms with Crippen LogP contribution in [0, 0.1) is 0 Å². The predicted molar refractivity (Wildman–Crippen MR) is 278 cm³/mol. The molecule has 0 unspecified atom stereocenters. The first-order valence-corrected chi connectivity index (χ1v) is 22.8. The van der Waals surface area contributed by atoms with E-state index in [9.17, 15) is 0 Å². The number of nitrogens with zero attached hydrogens (tertiary/aromatic N) is 2. The molecule has 15 rings (SSSR count). The number of para-hydroxylation sites is 2. The lowest BCUT2D eigenvalue weighted by Gasteiger charge is -2.23. The molecular weight excluding hydrogens is 785 g/mol. The summed E-state index contributed by atoms with van der Waals surface area (Å²) in [6.07, 6.45) is 0. The summed E-state index contributed by atoms with van der Waals surface area (Å²) in [5.41, 5.74) is 12.4. The van der Waals surface area contributed by atoms with Crippen molar-refractivity contribution in [2.75, 3.05) is 0 Å². The SMILES string of the molecule is CC1(C)c2cc3c4ccccc4c4ccccc4c3cc2-c2cc3c4cc5c6ccccc6c6ccccc6c5cc4n(-c4ccc5c6ccccc6n(-c6ccccc6)c5c4)c3cc21. The maximum Gasteiger partial charge on any atom is 0.0561 e. The zero-order chi connectivity index (χ0) is 42.7. The van der Waals surface area contributed by atoms with Gasteiger partial charge >= 0.3 is 0 Å². The second-order valence-electron chi connectivity index (χ2n) is 18.8. The minimum absolute atomic E-state index is 0.234. The average molecular weight is 825 g/mol. The summed E-state index contributed by atoms with van der Waals surface area (Å²) in [5, 5.41) is 20.6. The Morgan fingerprint density at radius 2 is 0.631 bits per heavy atom. The highest BCUT2D eigenvalue weighted by Crippen LogP contribution is 2.54. The van der Waals surface area contributed by atoms with Crippen molar-refractivity contribution in [3.05, 3.63) is 217 Å². The molecule has 2 heteroatoms. The number of hydrogen-bond acceptors (Lipinski definition) is 0. The zero-order valence-electron chi connectivity index (χ0n) is 36.0. The molecule has 0 bridgehead atoms. The van der Waals surface area contributed by atoms with Crippen molar-refractivity contribution in [3.63, 3.8) is 0 Å². The lowest BCUT2D eigenvalue weighted by molar-refractivity contribution is 0.662. The Morgan fingerprint density at radius 3 is 1.23 bits per heavy atom. The number of hydrogen-bond donors (Lipinski definition) is 0. The molecule has 12 aromatic carbocycles. The number of aromatic nitrogens is 2. The summed E-state index contributed by atoms with van der Waals surface area (Å²) < 4.78 is 5.00. The molecule has 65 heavy (non-hydrogen) atoms. The fraction of sp³-hybridized carbons (Fsp3) is 0.0476. The van der Waals surface area contributed by atoms with E-state index in [1.54, 1.807) is 0 Å². The predicted octanol–water partition coefficient (Wildman–Crippen LogP) is 17.1. The zero-order valence-corrected chi connectivity index (χ0v) is 36.0. The van der Waals surface area contributed by atoms with Crippen LogP contribution in [0.1, 0.15) is 25.0 Å². The highest BCUT2D eigenvalue weighted by Gasteiger charge is 2.37. The van der Waals surface area contributed by atoms with Crippen LogP contribution in [-0.4, -0.2) is 9.13 Å². The van der Waals surface area contributed by atoms with Gasteiger partial charge in [-0.15, -0.1) is 0 Å². The van der Waals surface area contributed by atoms with Crippen LogP contribution < -0.4 is 0 Å². The molecule has 0 fully saturated rings. The summed E-state index contributed by atoms with van der Waals surface area (Å²) in [5.74, 6) is 0. The number of benzene rings is 12. The molecule has 0 saturated carbocycles. The smallest absolute Gasteiger partial charge is 0.0561 e. The average Bonchev–Trinajstić information content (AvgIpc) is 3.94. The molecule has 1 aliphatic carbocycles. The molecule has 1 aliphatic rings. The van der Waals surface area contributed by atoms with Gasteiger partial charge < -0.3 is 9.13 Å². The minimum Gasteiger partial charge on any atom is -0.309 e. The second-order valence-corrected chi connectivity index (χ2v) is 18.8. The van der Waals surface area contributed by atoms with Gasteiger partial charge in [-0.2, -0.15) is 0 Å². The van der Waals surface area contributed by atoms with E-state index < -0.39 is 0 Å². The van der Waals surface area contributed by atoms with Gasteiger partial charge in [0.1, 0.15) is 0 Å². The van der Waals surface area contributed by atoms with Gasteiger partial charge in [-0.3, -0.25) is 0 Å².